The molecule has 0 aliphatic heterocycles. The minimum absolute atomic E-state index is 0.00524. The smallest absolute Gasteiger partial charge is 0.348 e. The van der Waals surface area contributed by atoms with Crippen LogP contribution in [0.1, 0.15) is 58.7 Å². The van der Waals surface area contributed by atoms with E-state index in [0.29, 0.717) is 32.9 Å². The number of nitrogens with zero attached hydrogens (tertiary/aromatic N) is 2. The maximum atomic E-state index is 12.7. The number of esters is 1. The van der Waals surface area contributed by atoms with Crippen LogP contribution in [0.3, 0.4) is 0 Å². The highest BCUT2D eigenvalue weighted by Gasteiger charge is 2.24. The lowest BCUT2D eigenvalue weighted by atomic mass is 9.98. The second kappa shape index (κ2) is 8.35. The summed E-state index contributed by atoms with van der Waals surface area (Å²) in [6.45, 7) is 1.74. The summed E-state index contributed by atoms with van der Waals surface area (Å²) >= 11 is 1.17. The van der Waals surface area contributed by atoms with Gasteiger partial charge >= 0.3 is 5.97 Å². The molecule has 0 saturated heterocycles. The molecule has 30 heavy (non-hydrogen) atoms. The molecule has 4 rings (SSSR count). The number of fused-ring (bicyclic) bond motifs is 1. The van der Waals surface area contributed by atoms with Crippen LogP contribution >= 0.6 is 11.3 Å². The number of carbonyl (C=O) groups is 1. The van der Waals surface area contributed by atoms with Crippen molar-refractivity contribution >= 4 is 33.2 Å². The van der Waals surface area contributed by atoms with Crippen LogP contribution in [0.15, 0.2) is 29.1 Å². The lowest BCUT2D eigenvalue weighted by Gasteiger charge is -2.21. The van der Waals surface area contributed by atoms with Gasteiger partial charge < -0.3 is 9.72 Å². The molecule has 1 aliphatic rings. The van der Waals surface area contributed by atoms with Crippen molar-refractivity contribution in [2.45, 2.75) is 51.6 Å². The van der Waals surface area contributed by atoms with E-state index in [1.165, 1.54) is 29.9 Å². The van der Waals surface area contributed by atoms with Gasteiger partial charge in [0.25, 0.3) is 11.2 Å². The van der Waals surface area contributed by atoms with Crippen LogP contribution in [0.2, 0.25) is 0 Å². The fraction of sp³-hybridized carbons (Fsp3) is 0.381. The molecule has 1 saturated carbocycles. The number of nitro benzene ring substituents is 1. The van der Waals surface area contributed by atoms with Crippen LogP contribution in [-0.2, 0) is 11.2 Å². The normalized spacial score (nSPS) is 14.7. The van der Waals surface area contributed by atoms with E-state index in [1.54, 1.807) is 19.1 Å². The van der Waals surface area contributed by atoms with Gasteiger partial charge in [-0.2, -0.15) is 0 Å². The third-order valence-electron chi connectivity index (χ3n) is 5.38. The molecule has 0 radical (unpaired) electrons. The monoisotopic (exact) mass is 427 g/mol. The Morgan fingerprint density at radius 1 is 1.27 bits per heavy atom. The van der Waals surface area contributed by atoms with Gasteiger partial charge in [-0.05, 0) is 43.7 Å². The van der Waals surface area contributed by atoms with Gasteiger partial charge in [0.1, 0.15) is 21.6 Å². The molecule has 0 bridgehead atoms. The average Bonchev–Trinajstić information content (AvgIpc) is 3.06. The van der Waals surface area contributed by atoms with Crippen LogP contribution in [0.4, 0.5) is 5.69 Å². The quantitative estimate of drug-likeness (QED) is 0.369. The van der Waals surface area contributed by atoms with Crippen LogP contribution < -0.4 is 5.56 Å². The molecule has 1 N–H and O–H groups in total. The van der Waals surface area contributed by atoms with Crippen molar-refractivity contribution in [3.8, 4) is 0 Å². The summed E-state index contributed by atoms with van der Waals surface area (Å²) in [5.41, 5.74) is 1.08. The Hall–Kier alpha value is -3.07. The predicted molar refractivity (Wildman–Crippen MR) is 113 cm³/mol. The van der Waals surface area contributed by atoms with E-state index in [9.17, 15) is 19.7 Å². The number of non-ortho nitro benzene ring substituents is 1. The number of rotatable bonds is 5. The van der Waals surface area contributed by atoms with Gasteiger partial charge in [0.2, 0.25) is 0 Å². The maximum absolute atomic E-state index is 12.7. The number of benzene rings is 1. The summed E-state index contributed by atoms with van der Waals surface area (Å²) in [5, 5.41) is 11.2. The Balaban J connectivity index is 1.59. The zero-order chi connectivity index (χ0) is 21.3. The number of hydrogen-bond donors (Lipinski definition) is 1. The molecular formula is C21H21N3O5S. The molecule has 0 amide bonds. The molecule has 0 unspecified atom stereocenters. The van der Waals surface area contributed by atoms with Gasteiger partial charge in [0.15, 0.2) is 0 Å². The third-order valence-corrected chi connectivity index (χ3v) is 6.55. The van der Waals surface area contributed by atoms with E-state index in [-0.39, 0.29) is 17.4 Å². The van der Waals surface area contributed by atoms with Crippen molar-refractivity contribution < 1.29 is 14.5 Å². The lowest BCUT2D eigenvalue weighted by molar-refractivity contribution is -0.384. The summed E-state index contributed by atoms with van der Waals surface area (Å²) in [4.78, 5) is 43.8. The van der Waals surface area contributed by atoms with Crippen LogP contribution in [-0.4, -0.2) is 27.0 Å². The molecular weight excluding hydrogens is 406 g/mol. The largest absolute Gasteiger partial charge is 0.458 e. The molecule has 0 atom stereocenters. The standard InChI is InChI=1S/C21H21N3O5S/c1-12-17-19(25)22-16(11-13-7-9-14(10-8-13)24(27)28)23-20(17)30-18(12)21(26)29-15-5-3-2-4-6-15/h7-10,15H,2-6,11H2,1H3,(H,22,23,25). The summed E-state index contributed by atoms with van der Waals surface area (Å²) in [5.74, 6) is 0.0496. The minimum atomic E-state index is -0.460. The van der Waals surface area contributed by atoms with Gasteiger partial charge in [-0.15, -0.1) is 11.3 Å². The van der Waals surface area contributed by atoms with Crippen LogP contribution in [0.25, 0.3) is 10.2 Å². The van der Waals surface area contributed by atoms with E-state index in [2.05, 4.69) is 9.97 Å². The highest BCUT2D eigenvalue weighted by molar-refractivity contribution is 7.20. The first kappa shape index (κ1) is 20.2. The number of hydrogen-bond acceptors (Lipinski definition) is 7. The number of aryl methyl sites for hydroxylation is 1. The first-order chi connectivity index (χ1) is 14.4. The van der Waals surface area contributed by atoms with Crippen molar-refractivity contribution in [3.05, 3.63) is 66.6 Å². The molecule has 2 heterocycles. The Morgan fingerprint density at radius 3 is 2.63 bits per heavy atom. The molecule has 3 aromatic rings. The SMILES string of the molecule is Cc1c(C(=O)OC2CCCCC2)sc2nc(Cc3ccc([N+](=O)[O-])cc3)[nH]c(=O)c12. The predicted octanol–water partition coefficient (Wildman–Crippen LogP) is 4.28. The second-order valence-electron chi connectivity index (χ2n) is 7.51. The Labute approximate surface area is 176 Å². The van der Waals surface area contributed by atoms with Crippen molar-refractivity contribution in [1.29, 1.82) is 0 Å². The van der Waals surface area contributed by atoms with Crippen LogP contribution in [0, 0.1) is 17.0 Å². The summed E-state index contributed by atoms with van der Waals surface area (Å²) in [6.07, 6.45) is 5.34. The van der Waals surface area contributed by atoms with E-state index in [4.69, 9.17) is 4.74 Å². The number of H-pyrrole nitrogens is 1. The van der Waals surface area contributed by atoms with E-state index in [1.807, 2.05) is 0 Å². The summed E-state index contributed by atoms with van der Waals surface area (Å²) in [6, 6.07) is 6.10. The average molecular weight is 427 g/mol. The van der Waals surface area contributed by atoms with Crippen LogP contribution in [0.5, 0.6) is 0 Å². The van der Waals surface area contributed by atoms with Crippen molar-refractivity contribution in [1.82, 2.24) is 9.97 Å². The number of thiophene rings is 1. The number of carbonyl (C=O) groups excluding carboxylic acids is 1. The number of nitrogens with one attached hydrogen (secondary N) is 1. The highest BCUT2D eigenvalue weighted by atomic mass is 32.1. The molecule has 1 fully saturated rings. The Kier molecular flexibility index (Phi) is 5.63. The fourth-order valence-electron chi connectivity index (χ4n) is 3.78. The zero-order valence-electron chi connectivity index (χ0n) is 16.5. The Morgan fingerprint density at radius 2 is 1.97 bits per heavy atom. The third kappa shape index (κ3) is 4.11. The number of aromatic nitrogens is 2. The van der Waals surface area contributed by atoms with E-state index >= 15 is 0 Å². The first-order valence-electron chi connectivity index (χ1n) is 9.89. The van der Waals surface area contributed by atoms with Crippen molar-refractivity contribution in [2.75, 3.05) is 0 Å². The minimum Gasteiger partial charge on any atom is -0.458 e. The number of nitro groups is 1. The molecule has 1 aromatic carbocycles. The number of ether oxygens (including phenoxy) is 1. The number of aromatic amines is 1. The van der Waals surface area contributed by atoms with Gasteiger partial charge in [-0.1, -0.05) is 18.6 Å². The lowest BCUT2D eigenvalue weighted by Crippen LogP contribution is -2.20. The van der Waals surface area contributed by atoms with Gasteiger partial charge in [0.05, 0.1) is 10.3 Å². The molecule has 8 nitrogen and oxygen atoms in total. The molecule has 2 aromatic heterocycles. The van der Waals surface area contributed by atoms with Gasteiger partial charge in [-0.3, -0.25) is 14.9 Å². The molecule has 9 heteroatoms. The highest BCUT2D eigenvalue weighted by Crippen LogP contribution is 2.29. The fourth-order valence-corrected chi connectivity index (χ4v) is 4.87. The Bertz CT molecular complexity index is 1160. The summed E-state index contributed by atoms with van der Waals surface area (Å²) < 4.78 is 5.66. The molecule has 156 valence electrons. The summed E-state index contributed by atoms with van der Waals surface area (Å²) in [7, 11) is 0. The second-order valence-corrected chi connectivity index (χ2v) is 8.51. The topological polar surface area (TPSA) is 115 Å². The molecule has 1 aliphatic carbocycles. The zero-order valence-corrected chi connectivity index (χ0v) is 17.3. The first-order valence-corrected chi connectivity index (χ1v) is 10.7. The maximum Gasteiger partial charge on any atom is 0.348 e. The van der Waals surface area contributed by atoms with E-state index in [0.717, 1.165) is 31.2 Å². The van der Waals surface area contributed by atoms with Crippen molar-refractivity contribution in [2.24, 2.45) is 0 Å². The van der Waals surface area contributed by atoms with E-state index < -0.39 is 10.9 Å². The van der Waals surface area contributed by atoms with Gasteiger partial charge in [-0.25, -0.2) is 9.78 Å². The van der Waals surface area contributed by atoms with Crippen molar-refractivity contribution in [3.63, 3.8) is 0 Å². The molecule has 0 spiro atoms. The van der Waals surface area contributed by atoms with Gasteiger partial charge in [0, 0.05) is 18.6 Å².